The summed E-state index contributed by atoms with van der Waals surface area (Å²) in [5.41, 5.74) is 5.47. The van der Waals surface area contributed by atoms with Crippen LogP contribution in [0.15, 0.2) is 12.1 Å². The Hall–Kier alpha value is -0.870. The van der Waals surface area contributed by atoms with Gasteiger partial charge in [0.1, 0.15) is 0 Å². The molecule has 0 atom stereocenters. The van der Waals surface area contributed by atoms with Crippen LogP contribution in [0.3, 0.4) is 0 Å². The van der Waals surface area contributed by atoms with E-state index in [2.05, 4.69) is 78.1 Å². The quantitative estimate of drug-likeness (QED) is 0.531. The van der Waals surface area contributed by atoms with Gasteiger partial charge in [0.2, 0.25) is 0 Å². The Morgan fingerprint density at radius 2 is 1.40 bits per heavy atom. The second-order valence-corrected chi connectivity index (χ2v) is 6.76. The summed E-state index contributed by atoms with van der Waals surface area (Å²) in [4.78, 5) is 0. The van der Waals surface area contributed by atoms with Gasteiger partial charge in [0.05, 0.1) is 0 Å². The summed E-state index contributed by atoms with van der Waals surface area (Å²) >= 11 is 4.24. The smallest absolute Gasteiger partial charge is 0.0314 e. The zero-order chi connectivity index (χ0) is 15.3. The Morgan fingerprint density at radius 3 is 1.75 bits per heavy atom. The molecule has 1 heteroatoms. The Bertz CT molecular complexity index is 469. The van der Waals surface area contributed by atoms with Crippen molar-refractivity contribution >= 4 is 12.6 Å². The van der Waals surface area contributed by atoms with Crippen LogP contribution in [0.1, 0.15) is 88.0 Å². The molecule has 0 spiro atoms. The third-order valence-corrected chi connectivity index (χ3v) is 3.81. The van der Waals surface area contributed by atoms with Crippen LogP contribution >= 0.6 is 12.6 Å². The molecule has 0 N–H and O–H groups in total. The van der Waals surface area contributed by atoms with Crippen LogP contribution in [0.25, 0.3) is 0 Å². The lowest BCUT2D eigenvalue weighted by atomic mass is 9.84. The fourth-order valence-corrected chi connectivity index (χ4v) is 2.42. The van der Waals surface area contributed by atoms with Gasteiger partial charge in [-0.2, -0.15) is 12.6 Å². The van der Waals surface area contributed by atoms with Crippen LogP contribution in [0, 0.1) is 11.8 Å². The first kappa shape index (κ1) is 17.2. The highest BCUT2D eigenvalue weighted by Crippen LogP contribution is 2.31. The largest absolute Gasteiger partial charge is 0.178 e. The van der Waals surface area contributed by atoms with Gasteiger partial charge in [0.25, 0.3) is 0 Å². The van der Waals surface area contributed by atoms with Gasteiger partial charge < -0.3 is 0 Å². The van der Waals surface area contributed by atoms with Crippen LogP contribution in [-0.4, -0.2) is 5.75 Å². The Labute approximate surface area is 130 Å². The lowest BCUT2D eigenvalue weighted by Crippen LogP contribution is -2.04. The zero-order valence-corrected chi connectivity index (χ0v) is 14.6. The summed E-state index contributed by atoms with van der Waals surface area (Å²) in [6, 6.07) is 4.71. The molecule has 110 valence electrons. The molecule has 0 unspecified atom stereocenters. The van der Waals surface area contributed by atoms with Crippen molar-refractivity contribution in [1.82, 2.24) is 0 Å². The Morgan fingerprint density at radius 1 is 0.900 bits per heavy atom. The monoisotopic (exact) mass is 288 g/mol. The van der Waals surface area contributed by atoms with Gasteiger partial charge in [-0.15, -0.1) is 0 Å². The second-order valence-electron chi connectivity index (χ2n) is 6.31. The molecule has 0 aliphatic carbocycles. The topological polar surface area (TPSA) is 0 Å². The first-order valence-electron chi connectivity index (χ1n) is 7.65. The molecular weight excluding hydrogens is 260 g/mol. The van der Waals surface area contributed by atoms with Gasteiger partial charge in [-0.1, -0.05) is 65.5 Å². The molecule has 1 aromatic rings. The van der Waals surface area contributed by atoms with Crippen LogP contribution in [0.4, 0.5) is 0 Å². The van der Waals surface area contributed by atoms with E-state index >= 15 is 0 Å². The molecule has 0 radical (unpaired) electrons. The predicted octanol–water partition coefficient (Wildman–Crippen LogP) is 5.73. The van der Waals surface area contributed by atoms with Gasteiger partial charge in [-0.25, -0.2) is 0 Å². The maximum atomic E-state index is 4.24. The maximum Gasteiger partial charge on any atom is 0.0314 e. The molecule has 0 fully saturated rings. The van der Waals surface area contributed by atoms with E-state index in [-0.39, 0.29) is 0 Å². The zero-order valence-electron chi connectivity index (χ0n) is 13.7. The van der Waals surface area contributed by atoms with Gasteiger partial charge in [-0.3, -0.25) is 0 Å². The summed E-state index contributed by atoms with van der Waals surface area (Å²) in [6.45, 7) is 13.5. The first-order chi connectivity index (χ1) is 9.38. The lowest BCUT2D eigenvalue weighted by molar-refractivity contribution is 0.800. The summed E-state index contributed by atoms with van der Waals surface area (Å²) in [5, 5.41) is 0. The van der Waals surface area contributed by atoms with Crippen molar-refractivity contribution in [2.24, 2.45) is 0 Å². The highest BCUT2D eigenvalue weighted by molar-refractivity contribution is 7.80. The summed E-state index contributed by atoms with van der Waals surface area (Å²) < 4.78 is 0. The van der Waals surface area contributed by atoms with Crippen molar-refractivity contribution in [3.05, 3.63) is 34.4 Å². The van der Waals surface area contributed by atoms with E-state index in [1.165, 1.54) is 22.3 Å². The van der Waals surface area contributed by atoms with E-state index in [4.69, 9.17) is 0 Å². The highest BCUT2D eigenvalue weighted by atomic mass is 32.1. The standard InChI is InChI=1S/C19H28S/c1-13(2)16-11-18(14(3)4)17(9-7-8-10-20)19(12-16)15(5)6/h11-15,20H,8,10H2,1-6H3. The van der Waals surface area contributed by atoms with Gasteiger partial charge in [-0.05, 0) is 34.4 Å². The van der Waals surface area contributed by atoms with Gasteiger partial charge in [0.15, 0.2) is 0 Å². The molecule has 0 aromatic heterocycles. The van der Waals surface area contributed by atoms with E-state index in [1.54, 1.807) is 0 Å². The molecule has 1 aromatic carbocycles. The summed E-state index contributed by atoms with van der Waals surface area (Å²) in [6.07, 6.45) is 0.851. The van der Waals surface area contributed by atoms with E-state index in [1.807, 2.05) is 0 Å². The molecule has 1 rings (SSSR count). The van der Waals surface area contributed by atoms with Crippen molar-refractivity contribution in [2.75, 3.05) is 5.75 Å². The van der Waals surface area contributed by atoms with E-state index in [0.717, 1.165) is 12.2 Å². The number of hydrogen-bond donors (Lipinski definition) is 1. The third kappa shape index (κ3) is 4.32. The Balaban J connectivity index is 3.48. The normalized spacial score (nSPS) is 11.1. The molecule has 0 bridgehead atoms. The van der Waals surface area contributed by atoms with E-state index in [0.29, 0.717) is 17.8 Å². The molecule has 0 aliphatic rings. The fraction of sp³-hybridized carbons (Fsp3) is 0.579. The molecule has 20 heavy (non-hydrogen) atoms. The van der Waals surface area contributed by atoms with Crippen LogP contribution in [0.2, 0.25) is 0 Å². The molecule has 0 saturated heterocycles. The highest BCUT2D eigenvalue weighted by Gasteiger charge is 2.15. The number of hydrogen-bond acceptors (Lipinski definition) is 1. The number of rotatable bonds is 4. The molecule has 0 saturated carbocycles. The third-order valence-electron chi connectivity index (χ3n) is 3.58. The van der Waals surface area contributed by atoms with E-state index in [9.17, 15) is 0 Å². The van der Waals surface area contributed by atoms with Gasteiger partial charge in [0, 0.05) is 17.7 Å². The number of thiol groups is 1. The van der Waals surface area contributed by atoms with Gasteiger partial charge >= 0.3 is 0 Å². The van der Waals surface area contributed by atoms with Crippen molar-refractivity contribution in [2.45, 2.75) is 65.7 Å². The molecule has 0 amide bonds. The van der Waals surface area contributed by atoms with Crippen molar-refractivity contribution < 1.29 is 0 Å². The minimum atomic E-state index is 0.506. The lowest BCUT2D eigenvalue weighted by Gasteiger charge is -2.20. The SMILES string of the molecule is CC(C)c1cc(C(C)C)c(C#CCCS)c(C(C)C)c1. The fourth-order valence-electron chi connectivity index (χ4n) is 2.31. The molecular formula is C19H28S. The molecule has 0 aliphatic heterocycles. The van der Waals surface area contributed by atoms with Crippen LogP contribution in [0.5, 0.6) is 0 Å². The summed E-state index contributed by atoms with van der Waals surface area (Å²) in [7, 11) is 0. The molecule has 0 nitrogen and oxygen atoms in total. The van der Waals surface area contributed by atoms with Crippen molar-refractivity contribution in [3.8, 4) is 11.8 Å². The summed E-state index contributed by atoms with van der Waals surface area (Å²) in [5.74, 6) is 9.07. The van der Waals surface area contributed by atoms with Crippen molar-refractivity contribution in [3.63, 3.8) is 0 Å². The first-order valence-corrected chi connectivity index (χ1v) is 8.29. The predicted molar refractivity (Wildman–Crippen MR) is 94.1 cm³/mol. The second kappa shape index (κ2) is 7.79. The van der Waals surface area contributed by atoms with Crippen LogP contribution < -0.4 is 0 Å². The minimum absolute atomic E-state index is 0.506. The molecule has 0 heterocycles. The van der Waals surface area contributed by atoms with E-state index < -0.39 is 0 Å². The average Bonchev–Trinajstić information content (AvgIpc) is 2.37. The minimum Gasteiger partial charge on any atom is -0.178 e. The van der Waals surface area contributed by atoms with Crippen molar-refractivity contribution in [1.29, 1.82) is 0 Å². The number of benzene rings is 1. The average molecular weight is 288 g/mol. The maximum absolute atomic E-state index is 4.24. The van der Waals surface area contributed by atoms with Crippen LogP contribution in [-0.2, 0) is 0 Å². The Kier molecular flexibility index (Phi) is 6.69.